The molecule has 0 spiro atoms. The molecular weight excluding hydrogens is 521 g/mol. The number of guanidine groups is 1. The van der Waals surface area contributed by atoms with Crippen LogP contribution in [0.5, 0.6) is 5.75 Å². The molecule has 0 unspecified atom stereocenters. The SMILES string of the molecule is CCNC(=NCC1(c2ccc(OCC)cc2)CCOCC1)N1CCC(C(=O)OC)CC1.I. The lowest BCUT2D eigenvalue weighted by atomic mass is 9.74. The predicted octanol–water partition coefficient (Wildman–Crippen LogP) is 3.60. The van der Waals surface area contributed by atoms with E-state index in [4.69, 9.17) is 19.2 Å². The Morgan fingerprint density at radius 3 is 2.41 bits per heavy atom. The molecule has 7 nitrogen and oxygen atoms in total. The number of methoxy groups -OCH3 is 1. The van der Waals surface area contributed by atoms with Gasteiger partial charge in [-0.3, -0.25) is 9.79 Å². The van der Waals surface area contributed by atoms with Crippen molar-refractivity contribution in [2.24, 2.45) is 10.9 Å². The van der Waals surface area contributed by atoms with Crippen LogP contribution in [0.3, 0.4) is 0 Å². The maximum Gasteiger partial charge on any atom is 0.308 e. The van der Waals surface area contributed by atoms with Crippen LogP contribution in [-0.4, -0.2) is 69.9 Å². The number of rotatable bonds is 7. The summed E-state index contributed by atoms with van der Waals surface area (Å²) in [6, 6.07) is 8.48. The molecule has 1 aromatic carbocycles. The topological polar surface area (TPSA) is 72.4 Å². The van der Waals surface area contributed by atoms with Gasteiger partial charge in [-0.1, -0.05) is 12.1 Å². The Morgan fingerprint density at radius 1 is 1.19 bits per heavy atom. The summed E-state index contributed by atoms with van der Waals surface area (Å²) >= 11 is 0. The molecule has 2 heterocycles. The fraction of sp³-hybridized carbons (Fsp3) is 0.667. The van der Waals surface area contributed by atoms with Gasteiger partial charge >= 0.3 is 5.97 Å². The summed E-state index contributed by atoms with van der Waals surface area (Å²) in [6.45, 7) is 9.41. The molecule has 0 saturated carbocycles. The Bertz CT molecular complexity index is 727. The first kappa shape index (κ1) is 26.7. The minimum absolute atomic E-state index is 0. The average Bonchev–Trinajstić information content (AvgIpc) is 2.82. The Labute approximate surface area is 209 Å². The third-order valence-corrected chi connectivity index (χ3v) is 6.42. The zero-order chi connectivity index (χ0) is 22.1. The number of hydrogen-bond acceptors (Lipinski definition) is 5. The summed E-state index contributed by atoms with van der Waals surface area (Å²) < 4.78 is 16.2. The maximum atomic E-state index is 11.9. The molecule has 0 atom stereocenters. The smallest absolute Gasteiger partial charge is 0.308 e. The van der Waals surface area contributed by atoms with Crippen LogP contribution in [0.2, 0.25) is 0 Å². The molecule has 0 aliphatic carbocycles. The van der Waals surface area contributed by atoms with Crippen molar-refractivity contribution in [1.29, 1.82) is 0 Å². The van der Waals surface area contributed by atoms with Gasteiger partial charge in [-0.15, -0.1) is 24.0 Å². The number of hydrogen-bond donors (Lipinski definition) is 1. The molecule has 32 heavy (non-hydrogen) atoms. The van der Waals surface area contributed by atoms with Crippen LogP contribution in [0.4, 0.5) is 0 Å². The van der Waals surface area contributed by atoms with Crippen LogP contribution < -0.4 is 10.1 Å². The first-order valence-electron chi connectivity index (χ1n) is 11.5. The first-order chi connectivity index (χ1) is 15.1. The highest BCUT2D eigenvalue weighted by Gasteiger charge is 2.35. The number of halogens is 1. The second-order valence-electron chi connectivity index (χ2n) is 8.30. The number of aliphatic imine (C=N–C) groups is 1. The van der Waals surface area contributed by atoms with Crippen molar-refractivity contribution in [3.05, 3.63) is 29.8 Å². The van der Waals surface area contributed by atoms with E-state index in [2.05, 4.69) is 41.4 Å². The molecular formula is C24H38IN3O4. The van der Waals surface area contributed by atoms with Gasteiger partial charge in [0, 0.05) is 38.3 Å². The van der Waals surface area contributed by atoms with Crippen LogP contribution in [0.25, 0.3) is 0 Å². The van der Waals surface area contributed by atoms with Gasteiger partial charge in [0.05, 0.1) is 26.2 Å². The maximum absolute atomic E-state index is 11.9. The number of esters is 1. The van der Waals surface area contributed by atoms with Gasteiger partial charge in [0.2, 0.25) is 0 Å². The van der Waals surface area contributed by atoms with E-state index >= 15 is 0 Å². The van der Waals surface area contributed by atoms with Crippen LogP contribution in [-0.2, 0) is 19.7 Å². The number of piperidine rings is 1. The molecule has 3 rings (SSSR count). The van der Waals surface area contributed by atoms with Crippen molar-refractivity contribution in [2.45, 2.75) is 44.9 Å². The van der Waals surface area contributed by atoms with Crippen LogP contribution >= 0.6 is 24.0 Å². The van der Waals surface area contributed by atoms with Crippen LogP contribution in [0.1, 0.15) is 45.1 Å². The highest BCUT2D eigenvalue weighted by Crippen LogP contribution is 2.36. The van der Waals surface area contributed by atoms with Gasteiger partial charge in [0.1, 0.15) is 5.75 Å². The molecule has 0 radical (unpaired) electrons. The van der Waals surface area contributed by atoms with Crippen molar-refractivity contribution >= 4 is 35.9 Å². The fourth-order valence-corrected chi connectivity index (χ4v) is 4.52. The summed E-state index contributed by atoms with van der Waals surface area (Å²) in [4.78, 5) is 19.2. The number of nitrogens with zero attached hydrogens (tertiary/aromatic N) is 2. The molecule has 0 aromatic heterocycles. The third-order valence-electron chi connectivity index (χ3n) is 6.42. The van der Waals surface area contributed by atoms with Crippen molar-refractivity contribution in [3.63, 3.8) is 0 Å². The summed E-state index contributed by atoms with van der Waals surface area (Å²) in [5.74, 6) is 1.73. The van der Waals surface area contributed by atoms with Gasteiger partial charge in [-0.2, -0.15) is 0 Å². The van der Waals surface area contributed by atoms with Gasteiger partial charge in [0.15, 0.2) is 5.96 Å². The molecule has 0 bridgehead atoms. The number of carbonyl (C=O) groups is 1. The third kappa shape index (κ3) is 6.73. The second kappa shape index (κ2) is 13.2. The number of benzene rings is 1. The van der Waals surface area contributed by atoms with Crippen molar-refractivity contribution in [3.8, 4) is 5.75 Å². The molecule has 2 saturated heterocycles. The Balaban J connectivity index is 0.00000363. The van der Waals surface area contributed by atoms with Gasteiger partial charge in [-0.25, -0.2) is 0 Å². The van der Waals surface area contributed by atoms with E-state index in [0.29, 0.717) is 13.2 Å². The molecule has 1 aromatic rings. The summed E-state index contributed by atoms with van der Waals surface area (Å²) in [7, 11) is 1.47. The van der Waals surface area contributed by atoms with Crippen molar-refractivity contribution < 1.29 is 19.0 Å². The standard InChI is InChI=1S/C24H37N3O4.HI/c1-4-25-23(27-14-10-19(11-15-27)22(28)29-3)26-18-24(12-16-30-17-13-24)20-6-8-21(9-7-20)31-5-2;/h6-9,19H,4-5,10-18H2,1-3H3,(H,25,26);1H. The number of nitrogens with one attached hydrogen (secondary N) is 1. The summed E-state index contributed by atoms with van der Waals surface area (Å²) in [6.07, 6.45) is 3.51. The lowest BCUT2D eigenvalue weighted by molar-refractivity contribution is -0.146. The number of carbonyl (C=O) groups excluding carboxylic acids is 1. The molecule has 180 valence electrons. The van der Waals surface area contributed by atoms with Crippen molar-refractivity contribution in [2.75, 3.05) is 53.1 Å². The van der Waals surface area contributed by atoms with E-state index < -0.39 is 0 Å². The summed E-state index contributed by atoms with van der Waals surface area (Å²) in [5.41, 5.74) is 1.26. The Hall–Kier alpha value is -1.55. The van der Waals surface area contributed by atoms with E-state index in [9.17, 15) is 4.79 Å². The molecule has 8 heteroatoms. The first-order valence-corrected chi connectivity index (χ1v) is 11.5. The van der Waals surface area contributed by atoms with Gasteiger partial charge < -0.3 is 24.4 Å². The van der Waals surface area contributed by atoms with Gasteiger partial charge in [0.25, 0.3) is 0 Å². The lowest BCUT2D eigenvalue weighted by Gasteiger charge is -2.38. The Kier molecular flexibility index (Phi) is 11.0. The predicted molar refractivity (Wildman–Crippen MR) is 137 cm³/mol. The molecule has 1 N–H and O–H groups in total. The van der Waals surface area contributed by atoms with Crippen LogP contribution in [0, 0.1) is 5.92 Å². The minimum atomic E-state index is -0.0988. The molecule has 0 amide bonds. The fourth-order valence-electron chi connectivity index (χ4n) is 4.52. The number of ether oxygens (including phenoxy) is 3. The largest absolute Gasteiger partial charge is 0.494 e. The molecule has 2 aliphatic rings. The van der Waals surface area contributed by atoms with Gasteiger partial charge in [-0.05, 0) is 57.2 Å². The van der Waals surface area contributed by atoms with E-state index in [-0.39, 0.29) is 41.3 Å². The van der Waals surface area contributed by atoms with Crippen LogP contribution in [0.15, 0.2) is 29.3 Å². The minimum Gasteiger partial charge on any atom is -0.494 e. The number of likely N-dealkylation sites (tertiary alicyclic amines) is 1. The summed E-state index contributed by atoms with van der Waals surface area (Å²) in [5, 5.41) is 3.45. The average molecular weight is 559 g/mol. The quantitative estimate of drug-likeness (QED) is 0.238. The highest BCUT2D eigenvalue weighted by atomic mass is 127. The van der Waals surface area contributed by atoms with E-state index in [0.717, 1.165) is 70.2 Å². The zero-order valence-electron chi connectivity index (χ0n) is 19.6. The lowest BCUT2D eigenvalue weighted by Crippen LogP contribution is -2.47. The molecule has 2 aliphatic heterocycles. The second-order valence-corrected chi connectivity index (χ2v) is 8.30. The van der Waals surface area contributed by atoms with E-state index in [1.165, 1.54) is 12.7 Å². The van der Waals surface area contributed by atoms with E-state index in [1.54, 1.807) is 0 Å². The normalized spacial score (nSPS) is 19.1. The highest BCUT2D eigenvalue weighted by molar-refractivity contribution is 14.0. The Morgan fingerprint density at radius 2 is 1.84 bits per heavy atom. The van der Waals surface area contributed by atoms with Crippen molar-refractivity contribution in [1.82, 2.24) is 10.2 Å². The monoisotopic (exact) mass is 559 g/mol. The van der Waals surface area contributed by atoms with E-state index in [1.807, 2.05) is 6.92 Å². The zero-order valence-corrected chi connectivity index (χ0v) is 21.9. The molecule has 2 fully saturated rings.